The third-order valence-corrected chi connectivity index (χ3v) is 8.08. The molecule has 1 fully saturated rings. The van der Waals surface area contributed by atoms with E-state index in [1.165, 1.54) is 16.7 Å². The lowest BCUT2D eigenvalue weighted by Crippen LogP contribution is -2.50. The van der Waals surface area contributed by atoms with E-state index in [1.807, 2.05) is 45.0 Å². The van der Waals surface area contributed by atoms with Gasteiger partial charge in [0.2, 0.25) is 0 Å². The predicted molar refractivity (Wildman–Crippen MR) is 155 cm³/mol. The molecule has 0 saturated carbocycles. The summed E-state index contributed by atoms with van der Waals surface area (Å²) in [4.78, 5) is 16.5. The lowest BCUT2D eigenvalue weighted by molar-refractivity contribution is 0.0240. The van der Waals surface area contributed by atoms with Gasteiger partial charge in [-0.05, 0) is 98.2 Å². The molecule has 0 bridgehead atoms. The van der Waals surface area contributed by atoms with Crippen LogP contribution in [0.5, 0.6) is 11.5 Å². The van der Waals surface area contributed by atoms with Crippen LogP contribution in [0.3, 0.4) is 0 Å². The maximum Gasteiger partial charge on any atom is 0.410 e. The summed E-state index contributed by atoms with van der Waals surface area (Å²) in [6.45, 7) is 8.30. The minimum Gasteiger partial charge on any atom is -0.508 e. The van der Waals surface area contributed by atoms with Crippen molar-refractivity contribution in [1.82, 2.24) is 4.90 Å². The fraction of sp³-hybridized carbons (Fsp3) is 0.406. The summed E-state index contributed by atoms with van der Waals surface area (Å²) >= 11 is 7.05. The first kappa shape index (κ1) is 27.2. The topological polar surface area (TPSA) is 62.2 Å². The van der Waals surface area contributed by atoms with Crippen LogP contribution < -0.4 is 9.64 Å². The quantitative estimate of drug-likeness (QED) is 0.381. The molecule has 1 N–H and O–H groups in total. The number of piperazine rings is 1. The smallest absolute Gasteiger partial charge is 0.410 e. The van der Waals surface area contributed by atoms with Crippen molar-refractivity contribution in [2.45, 2.75) is 51.0 Å². The summed E-state index contributed by atoms with van der Waals surface area (Å²) in [5, 5.41) is 10.9. The molecule has 1 heterocycles. The Kier molecular flexibility index (Phi) is 7.68. The molecule has 206 valence electrons. The van der Waals surface area contributed by atoms with Crippen molar-refractivity contribution in [3.8, 4) is 11.5 Å². The highest BCUT2D eigenvalue weighted by Crippen LogP contribution is 2.49. The molecular weight excluding hydrogens is 512 g/mol. The Hall–Kier alpha value is -3.38. The van der Waals surface area contributed by atoms with Gasteiger partial charge < -0.3 is 24.4 Å². The molecular formula is C32H37ClN2O4. The van der Waals surface area contributed by atoms with Gasteiger partial charge in [0.1, 0.15) is 17.1 Å². The molecule has 3 aromatic rings. The number of fused-ring (bicyclic) bond motifs is 1. The van der Waals surface area contributed by atoms with Crippen molar-refractivity contribution in [2.24, 2.45) is 0 Å². The Morgan fingerprint density at radius 3 is 2.28 bits per heavy atom. The number of methoxy groups -OCH3 is 1. The Bertz CT molecular complexity index is 1330. The monoisotopic (exact) mass is 548 g/mol. The first-order chi connectivity index (χ1) is 18.6. The number of rotatable bonds is 4. The van der Waals surface area contributed by atoms with Gasteiger partial charge in [-0.1, -0.05) is 35.9 Å². The van der Waals surface area contributed by atoms with Crippen molar-refractivity contribution >= 4 is 23.4 Å². The second-order valence-electron chi connectivity index (χ2n) is 11.4. The minimum atomic E-state index is -0.502. The third-order valence-electron chi connectivity index (χ3n) is 7.75. The summed E-state index contributed by atoms with van der Waals surface area (Å²) in [5.74, 6) is 1.44. The first-order valence-electron chi connectivity index (χ1n) is 13.6. The van der Waals surface area contributed by atoms with Gasteiger partial charge in [0.15, 0.2) is 0 Å². The Morgan fingerprint density at radius 1 is 0.949 bits per heavy atom. The number of amides is 1. The van der Waals surface area contributed by atoms with Gasteiger partial charge >= 0.3 is 6.09 Å². The van der Waals surface area contributed by atoms with Gasteiger partial charge in [0, 0.05) is 42.8 Å². The summed E-state index contributed by atoms with van der Waals surface area (Å²) in [6, 6.07) is 20.4. The van der Waals surface area contributed by atoms with Gasteiger partial charge in [-0.2, -0.15) is 0 Å². The lowest BCUT2D eigenvalue weighted by Gasteiger charge is -2.38. The zero-order valence-corrected chi connectivity index (χ0v) is 23.9. The summed E-state index contributed by atoms with van der Waals surface area (Å²) in [6.07, 6.45) is 1.59. The van der Waals surface area contributed by atoms with Gasteiger partial charge in [0.05, 0.1) is 7.11 Å². The van der Waals surface area contributed by atoms with Crippen LogP contribution in [0.4, 0.5) is 10.5 Å². The van der Waals surface area contributed by atoms with E-state index >= 15 is 0 Å². The number of phenols is 1. The van der Waals surface area contributed by atoms with E-state index in [0.717, 1.165) is 48.0 Å². The number of halogens is 1. The fourth-order valence-corrected chi connectivity index (χ4v) is 6.13. The van der Waals surface area contributed by atoms with E-state index in [0.29, 0.717) is 18.8 Å². The molecule has 7 heteroatoms. The SMILES string of the molecule is COc1ccc([C@@H]2CCc3cc(O)ccc3[C@@H]2c2ccc(N3CCN(C(=O)OC(C)(C)C)CC3)cc2Cl)cc1. The fourth-order valence-electron chi connectivity index (χ4n) is 5.84. The van der Waals surface area contributed by atoms with Gasteiger partial charge in [-0.15, -0.1) is 0 Å². The van der Waals surface area contributed by atoms with Crippen molar-refractivity contribution < 1.29 is 19.4 Å². The largest absolute Gasteiger partial charge is 0.508 e. The number of benzene rings is 3. The maximum absolute atomic E-state index is 12.5. The molecule has 0 unspecified atom stereocenters. The van der Waals surface area contributed by atoms with Crippen molar-refractivity contribution in [2.75, 3.05) is 38.2 Å². The first-order valence-corrected chi connectivity index (χ1v) is 14.0. The van der Waals surface area contributed by atoms with Gasteiger partial charge in [-0.25, -0.2) is 4.79 Å². The van der Waals surface area contributed by atoms with E-state index in [-0.39, 0.29) is 17.9 Å². The molecule has 1 aliphatic heterocycles. The Labute approximate surface area is 236 Å². The lowest BCUT2D eigenvalue weighted by atomic mass is 9.69. The second kappa shape index (κ2) is 11.0. The number of aromatic hydroxyl groups is 1. The van der Waals surface area contributed by atoms with E-state index in [1.54, 1.807) is 18.1 Å². The number of carbonyl (C=O) groups excluding carboxylic acids is 1. The molecule has 3 aromatic carbocycles. The molecule has 1 amide bonds. The molecule has 0 spiro atoms. The van der Waals surface area contributed by atoms with Crippen LogP contribution in [0, 0.1) is 0 Å². The maximum atomic E-state index is 12.5. The Balaban J connectivity index is 1.40. The van der Waals surface area contributed by atoms with E-state index in [2.05, 4.69) is 35.2 Å². The minimum absolute atomic E-state index is 0.0633. The number of hydrogen-bond acceptors (Lipinski definition) is 5. The van der Waals surface area contributed by atoms with E-state index in [4.69, 9.17) is 21.1 Å². The normalized spacial score (nSPS) is 19.4. The second-order valence-corrected chi connectivity index (χ2v) is 11.8. The highest BCUT2D eigenvalue weighted by atomic mass is 35.5. The average molecular weight is 549 g/mol. The summed E-state index contributed by atoms with van der Waals surface area (Å²) < 4.78 is 10.9. The molecule has 2 atom stereocenters. The highest BCUT2D eigenvalue weighted by Gasteiger charge is 2.34. The van der Waals surface area contributed by atoms with Crippen LogP contribution in [0.2, 0.25) is 5.02 Å². The zero-order chi connectivity index (χ0) is 27.7. The number of carbonyl (C=O) groups is 1. The number of nitrogens with zero attached hydrogens (tertiary/aromatic N) is 2. The van der Waals surface area contributed by atoms with Crippen molar-refractivity contribution in [1.29, 1.82) is 0 Å². The standard InChI is InChI=1S/C32H37ClN2O4/c1-32(2,3)39-31(37)35-17-15-34(16-18-35)23-8-13-28(29(33)20-23)30-26(21-5-10-25(38-4)11-6-21)12-7-22-19-24(36)9-14-27(22)30/h5-6,8-11,13-14,19-20,26,30,36H,7,12,15-18H2,1-4H3/t26-,30+/m0/s1. The van der Waals surface area contributed by atoms with Gasteiger partial charge in [0.25, 0.3) is 0 Å². The highest BCUT2D eigenvalue weighted by molar-refractivity contribution is 6.31. The summed E-state index contributed by atoms with van der Waals surface area (Å²) in [7, 11) is 1.68. The van der Waals surface area contributed by atoms with Crippen LogP contribution in [0.1, 0.15) is 61.3 Å². The third kappa shape index (κ3) is 5.96. The van der Waals surface area contributed by atoms with Crippen LogP contribution in [-0.2, 0) is 11.2 Å². The van der Waals surface area contributed by atoms with Crippen LogP contribution >= 0.6 is 11.6 Å². The molecule has 39 heavy (non-hydrogen) atoms. The Morgan fingerprint density at radius 2 is 1.64 bits per heavy atom. The molecule has 0 aromatic heterocycles. The van der Waals surface area contributed by atoms with Gasteiger partial charge in [-0.3, -0.25) is 0 Å². The van der Waals surface area contributed by atoms with Crippen molar-refractivity contribution in [3.05, 3.63) is 87.9 Å². The number of ether oxygens (including phenoxy) is 2. The van der Waals surface area contributed by atoms with E-state index < -0.39 is 5.60 Å². The van der Waals surface area contributed by atoms with E-state index in [9.17, 15) is 9.90 Å². The average Bonchev–Trinajstić information content (AvgIpc) is 2.91. The molecule has 1 aliphatic carbocycles. The zero-order valence-electron chi connectivity index (χ0n) is 23.1. The molecule has 0 radical (unpaired) electrons. The van der Waals surface area contributed by atoms with Crippen LogP contribution in [0.15, 0.2) is 60.7 Å². The molecule has 6 nitrogen and oxygen atoms in total. The molecule has 5 rings (SSSR count). The number of hydrogen-bond donors (Lipinski definition) is 1. The molecule has 1 saturated heterocycles. The number of anilines is 1. The van der Waals surface area contributed by atoms with Crippen molar-refractivity contribution in [3.63, 3.8) is 0 Å². The van der Waals surface area contributed by atoms with Crippen LogP contribution in [0.25, 0.3) is 0 Å². The summed E-state index contributed by atoms with van der Waals surface area (Å²) in [5.41, 5.74) is 5.26. The number of phenolic OH excluding ortho intramolecular Hbond substituents is 1. The number of aryl methyl sites for hydroxylation is 1. The van der Waals surface area contributed by atoms with Crippen LogP contribution in [-0.4, -0.2) is 55.0 Å². The molecule has 2 aliphatic rings. The predicted octanol–water partition coefficient (Wildman–Crippen LogP) is 6.97.